The Bertz CT molecular complexity index is 726. The predicted octanol–water partition coefficient (Wildman–Crippen LogP) is 2.31. The maximum atomic E-state index is 12.1. The second kappa shape index (κ2) is 4.70. The van der Waals surface area contributed by atoms with Gasteiger partial charge in [0.2, 0.25) is 0 Å². The van der Waals surface area contributed by atoms with E-state index in [2.05, 4.69) is 11.9 Å². The Morgan fingerprint density at radius 1 is 1.55 bits per heavy atom. The van der Waals surface area contributed by atoms with Crippen LogP contribution in [0.15, 0.2) is 23.0 Å². The Kier molecular flexibility index (Phi) is 3.12. The summed E-state index contributed by atoms with van der Waals surface area (Å²) in [6.45, 7) is 2.77. The number of imidazole rings is 1. The molecular weight excluding hydrogens is 276 g/mol. The molecule has 2 N–H and O–H groups in total. The molecule has 1 unspecified atom stereocenters. The van der Waals surface area contributed by atoms with E-state index in [1.54, 1.807) is 16.7 Å². The van der Waals surface area contributed by atoms with Crippen molar-refractivity contribution in [3.63, 3.8) is 0 Å². The summed E-state index contributed by atoms with van der Waals surface area (Å²) >= 11 is 1.88. The molecule has 1 aliphatic heterocycles. The third kappa shape index (κ3) is 2.14. The molecule has 1 aliphatic rings. The molecule has 0 radical (unpaired) electrons. The molecule has 2 aromatic rings. The maximum Gasteiger partial charge on any atom is 0.337 e. The van der Waals surface area contributed by atoms with Crippen molar-refractivity contribution >= 4 is 28.8 Å². The summed E-state index contributed by atoms with van der Waals surface area (Å²) in [7, 11) is 0. The molecule has 106 valence electrons. The number of H-pyrrole nitrogens is 1. The van der Waals surface area contributed by atoms with Gasteiger partial charge in [0.05, 0.1) is 16.6 Å². The van der Waals surface area contributed by atoms with Crippen LogP contribution in [0.3, 0.4) is 0 Å². The molecule has 0 bridgehead atoms. The van der Waals surface area contributed by atoms with E-state index in [0.717, 1.165) is 12.2 Å². The van der Waals surface area contributed by atoms with Crippen molar-refractivity contribution in [2.45, 2.75) is 31.1 Å². The van der Waals surface area contributed by atoms with Crippen molar-refractivity contribution in [1.82, 2.24) is 9.55 Å². The third-order valence-corrected chi connectivity index (χ3v) is 5.36. The molecule has 2 heterocycles. The van der Waals surface area contributed by atoms with Crippen LogP contribution in [0.4, 0.5) is 0 Å². The molecule has 1 atom stereocenters. The van der Waals surface area contributed by atoms with Crippen molar-refractivity contribution in [1.29, 1.82) is 0 Å². The molecule has 1 fully saturated rings. The van der Waals surface area contributed by atoms with Gasteiger partial charge in [0.15, 0.2) is 0 Å². The number of aromatic nitrogens is 2. The second-order valence-corrected chi connectivity index (χ2v) is 7.11. The summed E-state index contributed by atoms with van der Waals surface area (Å²) in [5, 5.41) is 9.18. The first-order valence-electron chi connectivity index (χ1n) is 6.59. The minimum absolute atomic E-state index is 0.0537. The van der Waals surface area contributed by atoms with Crippen LogP contribution in [0, 0.1) is 0 Å². The van der Waals surface area contributed by atoms with E-state index in [1.165, 1.54) is 12.5 Å². The van der Waals surface area contributed by atoms with Crippen LogP contribution in [-0.2, 0) is 6.54 Å². The topological polar surface area (TPSA) is 75.1 Å². The number of carbonyl (C=O) groups is 1. The Morgan fingerprint density at radius 3 is 3.00 bits per heavy atom. The SMILES string of the molecule is CC1(Cn2c(=O)[nH]c3c(C(=O)O)cccc32)CCCS1. The molecule has 1 aromatic heterocycles. The Morgan fingerprint density at radius 2 is 2.35 bits per heavy atom. The molecule has 1 aromatic carbocycles. The monoisotopic (exact) mass is 292 g/mol. The lowest BCUT2D eigenvalue weighted by Crippen LogP contribution is -2.29. The molecule has 0 amide bonds. The number of aromatic amines is 1. The Balaban J connectivity index is 2.12. The van der Waals surface area contributed by atoms with Gasteiger partial charge in [0.25, 0.3) is 0 Å². The zero-order valence-electron chi connectivity index (χ0n) is 11.2. The van der Waals surface area contributed by atoms with E-state index in [0.29, 0.717) is 17.6 Å². The van der Waals surface area contributed by atoms with Gasteiger partial charge in [-0.15, -0.1) is 0 Å². The van der Waals surface area contributed by atoms with Gasteiger partial charge < -0.3 is 10.1 Å². The number of aromatic carboxylic acids is 1. The zero-order chi connectivity index (χ0) is 14.3. The number of para-hydroxylation sites is 1. The molecule has 0 saturated carbocycles. The van der Waals surface area contributed by atoms with E-state index in [1.807, 2.05) is 11.8 Å². The first-order valence-corrected chi connectivity index (χ1v) is 7.57. The number of nitrogens with zero attached hydrogens (tertiary/aromatic N) is 1. The highest BCUT2D eigenvalue weighted by Gasteiger charge is 2.31. The average Bonchev–Trinajstić information content (AvgIpc) is 2.95. The molecule has 6 heteroatoms. The fourth-order valence-electron chi connectivity index (χ4n) is 2.81. The average molecular weight is 292 g/mol. The van der Waals surface area contributed by atoms with Crippen molar-refractivity contribution < 1.29 is 9.90 Å². The standard InChI is InChI=1S/C14H16N2O3S/c1-14(6-3-7-20-14)8-16-10-5-2-4-9(12(17)18)11(10)15-13(16)19/h2,4-5H,3,6-8H2,1H3,(H,15,19)(H,17,18). The highest BCUT2D eigenvalue weighted by Crippen LogP contribution is 2.39. The van der Waals surface area contributed by atoms with Gasteiger partial charge >= 0.3 is 11.7 Å². The van der Waals surface area contributed by atoms with Crippen molar-refractivity contribution in [3.8, 4) is 0 Å². The van der Waals surface area contributed by atoms with E-state index in [9.17, 15) is 14.7 Å². The highest BCUT2D eigenvalue weighted by atomic mass is 32.2. The van der Waals surface area contributed by atoms with Crippen LogP contribution in [-0.4, -0.2) is 31.1 Å². The van der Waals surface area contributed by atoms with Gasteiger partial charge in [0, 0.05) is 11.3 Å². The third-order valence-electron chi connectivity index (χ3n) is 3.83. The fourth-order valence-corrected chi connectivity index (χ4v) is 4.10. The van der Waals surface area contributed by atoms with Crippen LogP contribution in [0.5, 0.6) is 0 Å². The molecule has 20 heavy (non-hydrogen) atoms. The second-order valence-electron chi connectivity index (χ2n) is 5.42. The summed E-state index contributed by atoms with van der Waals surface area (Å²) in [5.41, 5.74) is 0.991. The number of carboxylic acid groups (broad SMARTS) is 1. The largest absolute Gasteiger partial charge is 0.478 e. The lowest BCUT2D eigenvalue weighted by molar-refractivity contribution is 0.0699. The lowest BCUT2D eigenvalue weighted by Gasteiger charge is -2.22. The number of hydrogen-bond acceptors (Lipinski definition) is 3. The van der Waals surface area contributed by atoms with E-state index in [4.69, 9.17) is 0 Å². The van der Waals surface area contributed by atoms with Crippen LogP contribution < -0.4 is 5.69 Å². The van der Waals surface area contributed by atoms with Crippen LogP contribution >= 0.6 is 11.8 Å². The normalized spacial score (nSPS) is 22.4. The Hall–Kier alpha value is -1.69. The summed E-state index contributed by atoms with van der Waals surface area (Å²) in [4.78, 5) is 26.0. The van der Waals surface area contributed by atoms with E-state index < -0.39 is 5.97 Å². The minimum Gasteiger partial charge on any atom is -0.478 e. The van der Waals surface area contributed by atoms with Gasteiger partial charge in [-0.25, -0.2) is 9.59 Å². The lowest BCUT2D eigenvalue weighted by atomic mass is 10.1. The number of nitrogens with one attached hydrogen (secondary N) is 1. The number of benzene rings is 1. The summed E-state index contributed by atoms with van der Waals surface area (Å²) in [5.74, 6) is 0.0963. The van der Waals surface area contributed by atoms with Crippen LogP contribution in [0.25, 0.3) is 11.0 Å². The summed E-state index contributed by atoms with van der Waals surface area (Å²) in [6, 6.07) is 4.99. The summed E-state index contributed by atoms with van der Waals surface area (Å²) < 4.78 is 1.72. The first kappa shape index (κ1) is 13.3. The fraction of sp³-hybridized carbons (Fsp3) is 0.429. The van der Waals surface area contributed by atoms with Crippen molar-refractivity contribution in [2.75, 3.05) is 5.75 Å². The van der Waals surface area contributed by atoms with Gasteiger partial charge in [-0.05, 0) is 37.7 Å². The van der Waals surface area contributed by atoms with Crippen molar-refractivity contribution in [2.24, 2.45) is 0 Å². The number of rotatable bonds is 3. The minimum atomic E-state index is -1.02. The van der Waals surface area contributed by atoms with Crippen molar-refractivity contribution in [3.05, 3.63) is 34.2 Å². The van der Waals surface area contributed by atoms with Gasteiger partial charge in [-0.3, -0.25) is 4.57 Å². The molecule has 0 spiro atoms. The van der Waals surface area contributed by atoms with Gasteiger partial charge in [-0.2, -0.15) is 11.8 Å². The molecule has 5 nitrogen and oxygen atoms in total. The van der Waals surface area contributed by atoms with E-state index in [-0.39, 0.29) is 16.0 Å². The quantitative estimate of drug-likeness (QED) is 0.910. The smallest absolute Gasteiger partial charge is 0.337 e. The maximum absolute atomic E-state index is 12.1. The Labute approximate surface area is 120 Å². The molecule has 3 rings (SSSR count). The highest BCUT2D eigenvalue weighted by molar-refractivity contribution is 8.00. The zero-order valence-corrected chi connectivity index (χ0v) is 12.0. The molecule has 1 saturated heterocycles. The van der Waals surface area contributed by atoms with E-state index >= 15 is 0 Å². The van der Waals surface area contributed by atoms with Crippen LogP contribution in [0.1, 0.15) is 30.1 Å². The number of thioether (sulfide) groups is 1. The van der Waals surface area contributed by atoms with Crippen LogP contribution in [0.2, 0.25) is 0 Å². The first-order chi connectivity index (χ1) is 9.50. The molecule has 0 aliphatic carbocycles. The summed E-state index contributed by atoms with van der Waals surface area (Å²) in [6.07, 6.45) is 2.24. The predicted molar refractivity (Wildman–Crippen MR) is 79.6 cm³/mol. The number of hydrogen-bond donors (Lipinski definition) is 2. The number of carboxylic acids is 1. The van der Waals surface area contributed by atoms with Gasteiger partial charge in [0.1, 0.15) is 0 Å². The van der Waals surface area contributed by atoms with Gasteiger partial charge in [-0.1, -0.05) is 6.07 Å². The number of fused-ring (bicyclic) bond motifs is 1. The molecular formula is C14H16N2O3S.